The lowest BCUT2D eigenvalue weighted by atomic mass is 10.1. The molecule has 0 aliphatic carbocycles. The number of hydrazine groups is 1. The summed E-state index contributed by atoms with van der Waals surface area (Å²) in [5, 5.41) is 1.23. The van der Waals surface area contributed by atoms with E-state index in [0.29, 0.717) is 16.8 Å². The number of carbonyl (C=O) groups is 3. The van der Waals surface area contributed by atoms with Crippen molar-refractivity contribution in [2.24, 2.45) is 0 Å². The van der Waals surface area contributed by atoms with Crippen LogP contribution >= 0.6 is 0 Å². The number of amides is 2. The van der Waals surface area contributed by atoms with E-state index in [4.69, 9.17) is 0 Å². The first-order valence-electron chi connectivity index (χ1n) is 8.18. The zero-order valence-corrected chi connectivity index (χ0v) is 14.5. The van der Waals surface area contributed by atoms with Crippen LogP contribution in [0.15, 0.2) is 54.1 Å². The molecule has 3 rings (SSSR count). The topological polar surface area (TPSA) is 75.7 Å². The zero-order chi connectivity index (χ0) is 18.7. The molecular formula is C20H18N2O4. The van der Waals surface area contributed by atoms with Gasteiger partial charge in [-0.1, -0.05) is 31.2 Å². The summed E-state index contributed by atoms with van der Waals surface area (Å²) in [5.41, 5.74) is 5.39. The van der Waals surface area contributed by atoms with E-state index >= 15 is 0 Å². The molecule has 0 spiro atoms. The van der Waals surface area contributed by atoms with E-state index in [9.17, 15) is 14.4 Å². The van der Waals surface area contributed by atoms with Crippen LogP contribution in [-0.2, 0) is 20.7 Å². The largest absolute Gasteiger partial charge is 0.465 e. The molecule has 6 nitrogen and oxygen atoms in total. The second-order valence-electron chi connectivity index (χ2n) is 5.77. The van der Waals surface area contributed by atoms with Crippen molar-refractivity contribution in [1.29, 1.82) is 0 Å². The summed E-state index contributed by atoms with van der Waals surface area (Å²) in [6.07, 6.45) is 2.40. The predicted octanol–water partition coefficient (Wildman–Crippen LogP) is 2.50. The highest BCUT2D eigenvalue weighted by molar-refractivity contribution is 6.31. The SMILES string of the molecule is CCc1ccc(N2NC(=O)/C(=C\c3ccc(C(=O)OC)cc3)C2=O)cc1. The van der Waals surface area contributed by atoms with E-state index < -0.39 is 17.8 Å². The third-order valence-electron chi connectivity index (χ3n) is 4.14. The minimum absolute atomic E-state index is 0.0374. The number of nitrogens with one attached hydrogen (secondary N) is 1. The van der Waals surface area contributed by atoms with Crippen LogP contribution in [0.25, 0.3) is 6.08 Å². The lowest BCUT2D eigenvalue weighted by Gasteiger charge is -2.14. The molecule has 1 fully saturated rings. The smallest absolute Gasteiger partial charge is 0.337 e. The molecule has 2 aromatic carbocycles. The van der Waals surface area contributed by atoms with Gasteiger partial charge >= 0.3 is 5.97 Å². The lowest BCUT2D eigenvalue weighted by Crippen LogP contribution is -2.35. The van der Waals surface area contributed by atoms with Crippen molar-refractivity contribution in [1.82, 2.24) is 5.43 Å². The van der Waals surface area contributed by atoms with Crippen LogP contribution in [0.1, 0.15) is 28.4 Å². The molecule has 1 heterocycles. The molecule has 1 aliphatic rings. The van der Waals surface area contributed by atoms with Gasteiger partial charge in [0.2, 0.25) is 0 Å². The van der Waals surface area contributed by atoms with E-state index in [1.807, 2.05) is 19.1 Å². The molecule has 26 heavy (non-hydrogen) atoms. The molecule has 0 unspecified atom stereocenters. The molecule has 1 N–H and O–H groups in total. The lowest BCUT2D eigenvalue weighted by molar-refractivity contribution is -0.117. The van der Waals surface area contributed by atoms with E-state index in [2.05, 4.69) is 10.2 Å². The number of methoxy groups -OCH3 is 1. The van der Waals surface area contributed by atoms with Gasteiger partial charge in [0.15, 0.2) is 0 Å². The van der Waals surface area contributed by atoms with Gasteiger partial charge in [-0.25, -0.2) is 9.80 Å². The highest BCUT2D eigenvalue weighted by atomic mass is 16.5. The van der Waals surface area contributed by atoms with Gasteiger partial charge in [0.1, 0.15) is 5.57 Å². The van der Waals surface area contributed by atoms with E-state index in [-0.39, 0.29) is 5.57 Å². The van der Waals surface area contributed by atoms with Crippen LogP contribution in [0, 0.1) is 0 Å². The van der Waals surface area contributed by atoms with E-state index in [1.54, 1.807) is 36.4 Å². The molecule has 1 aliphatic heterocycles. The van der Waals surface area contributed by atoms with Crippen LogP contribution in [0.2, 0.25) is 0 Å². The average molecular weight is 350 g/mol. The molecule has 0 saturated carbocycles. The van der Waals surface area contributed by atoms with Gasteiger partial charge in [0, 0.05) is 0 Å². The van der Waals surface area contributed by atoms with Gasteiger partial charge in [-0.05, 0) is 47.9 Å². The third-order valence-corrected chi connectivity index (χ3v) is 4.14. The van der Waals surface area contributed by atoms with Crippen molar-refractivity contribution in [3.63, 3.8) is 0 Å². The Balaban J connectivity index is 1.84. The molecule has 0 bridgehead atoms. The number of nitrogens with zero attached hydrogens (tertiary/aromatic N) is 1. The standard InChI is InChI=1S/C20H18N2O4/c1-3-13-6-10-16(11-7-13)22-19(24)17(18(23)21-22)12-14-4-8-15(9-5-14)20(25)26-2/h4-12H,3H2,1-2H3,(H,21,23)/b17-12+. The summed E-state index contributed by atoms with van der Waals surface area (Å²) < 4.78 is 4.64. The monoisotopic (exact) mass is 350 g/mol. The molecule has 2 amide bonds. The van der Waals surface area contributed by atoms with Gasteiger partial charge in [-0.2, -0.15) is 0 Å². The highest BCUT2D eigenvalue weighted by Gasteiger charge is 2.34. The molecule has 2 aromatic rings. The Hall–Kier alpha value is -3.41. The minimum atomic E-state index is -0.466. The Morgan fingerprint density at radius 2 is 1.73 bits per heavy atom. The van der Waals surface area contributed by atoms with Crippen molar-refractivity contribution < 1.29 is 19.1 Å². The fraction of sp³-hybridized carbons (Fsp3) is 0.150. The predicted molar refractivity (Wildman–Crippen MR) is 97.2 cm³/mol. The second-order valence-corrected chi connectivity index (χ2v) is 5.77. The van der Waals surface area contributed by atoms with Gasteiger partial charge in [-0.3, -0.25) is 15.0 Å². The van der Waals surface area contributed by atoms with Crippen molar-refractivity contribution >= 4 is 29.5 Å². The first-order valence-corrected chi connectivity index (χ1v) is 8.18. The van der Waals surface area contributed by atoms with Crippen LogP contribution < -0.4 is 10.4 Å². The van der Waals surface area contributed by atoms with E-state index in [0.717, 1.165) is 12.0 Å². The van der Waals surface area contributed by atoms with Crippen LogP contribution in [0.5, 0.6) is 0 Å². The maximum Gasteiger partial charge on any atom is 0.337 e. The number of rotatable bonds is 4. The fourth-order valence-electron chi connectivity index (χ4n) is 2.62. The Labute approximate surface area is 151 Å². The number of ether oxygens (including phenoxy) is 1. The quantitative estimate of drug-likeness (QED) is 0.522. The first kappa shape index (κ1) is 17.4. The van der Waals surface area contributed by atoms with Gasteiger partial charge in [0.05, 0.1) is 18.4 Å². The molecule has 0 aromatic heterocycles. The summed E-state index contributed by atoms with van der Waals surface area (Å²) in [7, 11) is 1.31. The summed E-state index contributed by atoms with van der Waals surface area (Å²) in [4.78, 5) is 36.3. The minimum Gasteiger partial charge on any atom is -0.465 e. The zero-order valence-electron chi connectivity index (χ0n) is 14.5. The summed E-state index contributed by atoms with van der Waals surface area (Å²) in [6, 6.07) is 13.9. The number of hydrogen-bond acceptors (Lipinski definition) is 4. The maximum atomic E-state index is 12.6. The summed E-state index contributed by atoms with van der Waals surface area (Å²) in [5.74, 6) is -1.33. The van der Waals surface area contributed by atoms with Crippen molar-refractivity contribution in [2.45, 2.75) is 13.3 Å². The molecule has 0 radical (unpaired) electrons. The highest BCUT2D eigenvalue weighted by Crippen LogP contribution is 2.22. The number of anilines is 1. The van der Waals surface area contributed by atoms with Gasteiger partial charge < -0.3 is 4.74 Å². The Kier molecular flexibility index (Phi) is 4.84. The van der Waals surface area contributed by atoms with Crippen molar-refractivity contribution in [3.8, 4) is 0 Å². The Bertz CT molecular complexity index is 883. The van der Waals surface area contributed by atoms with Crippen molar-refractivity contribution in [3.05, 3.63) is 70.8 Å². The average Bonchev–Trinajstić information content (AvgIpc) is 2.96. The number of benzene rings is 2. The number of hydrogen-bond donors (Lipinski definition) is 1. The molecular weight excluding hydrogens is 332 g/mol. The maximum absolute atomic E-state index is 12.6. The normalized spacial score (nSPS) is 15.3. The number of esters is 1. The number of carbonyl (C=O) groups excluding carboxylic acids is 3. The van der Waals surface area contributed by atoms with E-state index in [1.165, 1.54) is 18.2 Å². The summed E-state index contributed by atoms with van der Waals surface area (Å²) >= 11 is 0. The Morgan fingerprint density at radius 1 is 1.08 bits per heavy atom. The first-order chi connectivity index (χ1) is 12.5. The third kappa shape index (κ3) is 3.35. The fourth-order valence-corrected chi connectivity index (χ4v) is 2.62. The summed E-state index contributed by atoms with van der Waals surface area (Å²) in [6.45, 7) is 2.05. The molecule has 6 heteroatoms. The van der Waals surface area contributed by atoms with Crippen LogP contribution in [0.4, 0.5) is 5.69 Å². The van der Waals surface area contributed by atoms with Gasteiger partial charge in [0.25, 0.3) is 11.8 Å². The molecule has 1 saturated heterocycles. The number of aryl methyl sites for hydroxylation is 1. The van der Waals surface area contributed by atoms with Crippen molar-refractivity contribution in [2.75, 3.05) is 12.1 Å². The molecule has 0 atom stereocenters. The van der Waals surface area contributed by atoms with Crippen LogP contribution in [0.3, 0.4) is 0 Å². The second kappa shape index (κ2) is 7.23. The van der Waals surface area contributed by atoms with Crippen LogP contribution in [-0.4, -0.2) is 24.9 Å². The Morgan fingerprint density at radius 3 is 2.31 bits per heavy atom. The van der Waals surface area contributed by atoms with Gasteiger partial charge in [-0.15, -0.1) is 0 Å². The molecule has 132 valence electrons.